The van der Waals surface area contributed by atoms with Gasteiger partial charge in [-0.25, -0.2) is 0 Å². The third-order valence-electron chi connectivity index (χ3n) is 3.07. The topological polar surface area (TPSA) is 68.2 Å². The monoisotopic (exact) mass is 224 g/mol. The van der Waals surface area contributed by atoms with Crippen LogP contribution in [0.15, 0.2) is 0 Å². The van der Waals surface area contributed by atoms with Gasteiger partial charge in [-0.2, -0.15) is 5.26 Å². The third-order valence-corrected chi connectivity index (χ3v) is 3.07. The number of amides is 1. The lowest BCUT2D eigenvalue weighted by Gasteiger charge is -2.32. The van der Waals surface area contributed by atoms with E-state index in [2.05, 4.69) is 21.6 Å². The number of piperidine rings is 1. The fraction of sp³-hybridized carbons (Fsp3) is 0.818. The molecule has 1 saturated heterocycles. The van der Waals surface area contributed by atoms with Gasteiger partial charge in [0, 0.05) is 20.1 Å². The Kier molecular flexibility index (Phi) is 5.23. The SMILES string of the molecule is CNC(=O)C1CCCN(CC(C#N)NC)C1. The van der Waals surface area contributed by atoms with E-state index in [0.717, 1.165) is 25.9 Å². The van der Waals surface area contributed by atoms with Gasteiger partial charge in [-0.15, -0.1) is 0 Å². The molecule has 0 radical (unpaired) electrons. The summed E-state index contributed by atoms with van der Waals surface area (Å²) in [4.78, 5) is 13.7. The lowest BCUT2D eigenvalue weighted by molar-refractivity contribution is -0.126. The summed E-state index contributed by atoms with van der Waals surface area (Å²) in [5, 5.41) is 14.5. The van der Waals surface area contributed by atoms with E-state index in [4.69, 9.17) is 5.26 Å². The van der Waals surface area contributed by atoms with Gasteiger partial charge in [-0.1, -0.05) is 0 Å². The van der Waals surface area contributed by atoms with Crippen molar-refractivity contribution in [1.29, 1.82) is 5.26 Å². The number of hydrogen-bond donors (Lipinski definition) is 2. The Hall–Kier alpha value is -1.12. The molecule has 0 aromatic carbocycles. The van der Waals surface area contributed by atoms with Crippen molar-refractivity contribution in [1.82, 2.24) is 15.5 Å². The Balaban J connectivity index is 2.44. The Labute approximate surface area is 96.8 Å². The lowest BCUT2D eigenvalue weighted by atomic mass is 9.97. The molecule has 0 aliphatic carbocycles. The quantitative estimate of drug-likeness (QED) is 0.679. The molecule has 0 aromatic heterocycles. The molecule has 5 heteroatoms. The summed E-state index contributed by atoms with van der Waals surface area (Å²) in [6.45, 7) is 2.44. The van der Waals surface area contributed by atoms with Crippen LogP contribution in [0.1, 0.15) is 12.8 Å². The van der Waals surface area contributed by atoms with E-state index >= 15 is 0 Å². The molecule has 1 amide bonds. The van der Waals surface area contributed by atoms with Crippen LogP contribution < -0.4 is 10.6 Å². The summed E-state index contributed by atoms with van der Waals surface area (Å²) >= 11 is 0. The highest BCUT2D eigenvalue weighted by atomic mass is 16.1. The van der Waals surface area contributed by atoms with Gasteiger partial charge in [0.1, 0.15) is 6.04 Å². The minimum absolute atomic E-state index is 0.0787. The zero-order chi connectivity index (χ0) is 12.0. The smallest absolute Gasteiger partial charge is 0.224 e. The minimum Gasteiger partial charge on any atom is -0.359 e. The molecule has 0 saturated carbocycles. The van der Waals surface area contributed by atoms with Crippen LogP contribution in [0.25, 0.3) is 0 Å². The summed E-state index contributed by atoms with van der Waals surface area (Å²) in [6, 6.07) is 2.05. The van der Waals surface area contributed by atoms with E-state index in [1.54, 1.807) is 14.1 Å². The van der Waals surface area contributed by atoms with Gasteiger partial charge in [0.05, 0.1) is 12.0 Å². The fourth-order valence-electron chi connectivity index (χ4n) is 2.09. The highest BCUT2D eigenvalue weighted by molar-refractivity contribution is 5.78. The summed E-state index contributed by atoms with van der Waals surface area (Å²) in [5.41, 5.74) is 0. The summed E-state index contributed by atoms with van der Waals surface area (Å²) in [7, 11) is 3.46. The number of nitrogens with one attached hydrogen (secondary N) is 2. The van der Waals surface area contributed by atoms with E-state index in [1.165, 1.54) is 0 Å². The Morgan fingerprint density at radius 1 is 1.62 bits per heavy atom. The number of carbonyl (C=O) groups is 1. The summed E-state index contributed by atoms with van der Waals surface area (Å²) in [5.74, 6) is 0.192. The fourth-order valence-corrected chi connectivity index (χ4v) is 2.09. The van der Waals surface area contributed by atoms with Gasteiger partial charge in [-0.05, 0) is 26.4 Å². The van der Waals surface area contributed by atoms with E-state index in [-0.39, 0.29) is 17.9 Å². The van der Waals surface area contributed by atoms with Crippen molar-refractivity contribution in [3.8, 4) is 6.07 Å². The van der Waals surface area contributed by atoms with Crippen molar-refractivity contribution in [2.24, 2.45) is 5.92 Å². The molecule has 1 rings (SSSR count). The Bertz CT molecular complexity index is 274. The average Bonchev–Trinajstić information content (AvgIpc) is 2.35. The predicted molar refractivity (Wildman–Crippen MR) is 61.7 cm³/mol. The molecule has 1 heterocycles. The third kappa shape index (κ3) is 3.47. The number of carbonyl (C=O) groups excluding carboxylic acids is 1. The summed E-state index contributed by atoms with van der Waals surface area (Å²) < 4.78 is 0. The van der Waals surface area contributed by atoms with Crippen LogP contribution in [0.2, 0.25) is 0 Å². The molecule has 0 aromatic rings. The molecule has 2 atom stereocenters. The molecule has 90 valence electrons. The molecule has 1 aliphatic rings. The molecule has 1 fully saturated rings. The molecule has 0 bridgehead atoms. The maximum Gasteiger partial charge on any atom is 0.224 e. The standard InChI is InChI=1S/C11H20N4O/c1-13-10(6-12)8-15-5-3-4-9(7-15)11(16)14-2/h9-10,13H,3-5,7-8H2,1-2H3,(H,14,16). The highest BCUT2D eigenvalue weighted by Gasteiger charge is 2.25. The molecule has 2 N–H and O–H groups in total. The van der Waals surface area contributed by atoms with E-state index in [0.29, 0.717) is 6.54 Å². The molecular weight excluding hydrogens is 204 g/mol. The molecule has 2 unspecified atom stereocenters. The first-order chi connectivity index (χ1) is 7.71. The van der Waals surface area contributed by atoms with Crippen LogP contribution in [0.4, 0.5) is 0 Å². The van der Waals surface area contributed by atoms with E-state index in [1.807, 2.05) is 0 Å². The van der Waals surface area contributed by atoms with E-state index < -0.39 is 0 Å². The molecule has 1 aliphatic heterocycles. The van der Waals surface area contributed by atoms with Gasteiger partial charge < -0.3 is 10.6 Å². The van der Waals surface area contributed by atoms with Crippen LogP contribution in [0.5, 0.6) is 0 Å². The Morgan fingerprint density at radius 2 is 2.38 bits per heavy atom. The molecule has 16 heavy (non-hydrogen) atoms. The van der Waals surface area contributed by atoms with Gasteiger partial charge in [0.25, 0.3) is 0 Å². The van der Waals surface area contributed by atoms with Crippen LogP contribution in [0.3, 0.4) is 0 Å². The minimum atomic E-state index is -0.150. The van der Waals surface area contributed by atoms with Crippen molar-refractivity contribution in [3.63, 3.8) is 0 Å². The zero-order valence-corrected chi connectivity index (χ0v) is 9.99. The lowest BCUT2D eigenvalue weighted by Crippen LogP contribution is -2.46. The molecule has 5 nitrogen and oxygen atoms in total. The first kappa shape index (κ1) is 12.9. The van der Waals surface area contributed by atoms with Crippen LogP contribution in [0, 0.1) is 17.2 Å². The first-order valence-electron chi connectivity index (χ1n) is 5.72. The number of nitrogens with zero attached hydrogens (tertiary/aromatic N) is 2. The predicted octanol–water partition coefficient (Wildman–Crippen LogP) is -0.444. The zero-order valence-electron chi connectivity index (χ0n) is 9.99. The maximum atomic E-state index is 11.5. The van der Waals surface area contributed by atoms with Gasteiger partial charge in [0.15, 0.2) is 0 Å². The number of nitriles is 1. The second-order valence-electron chi connectivity index (χ2n) is 4.18. The van der Waals surface area contributed by atoms with Crippen LogP contribution >= 0.6 is 0 Å². The van der Waals surface area contributed by atoms with Crippen molar-refractivity contribution in [2.45, 2.75) is 18.9 Å². The van der Waals surface area contributed by atoms with Crippen molar-refractivity contribution >= 4 is 5.91 Å². The number of hydrogen-bond acceptors (Lipinski definition) is 4. The number of likely N-dealkylation sites (tertiary alicyclic amines) is 1. The van der Waals surface area contributed by atoms with E-state index in [9.17, 15) is 4.79 Å². The van der Waals surface area contributed by atoms with Crippen LogP contribution in [-0.2, 0) is 4.79 Å². The van der Waals surface area contributed by atoms with Crippen molar-refractivity contribution in [2.75, 3.05) is 33.7 Å². The van der Waals surface area contributed by atoms with Gasteiger partial charge >= 0.3 is 0 Å². The maximum absolute atomic E-state index is 11.5. The Morgan fingerprint density at radius 3 is 2.94 bits per heavy atom. The summed E-state index contributed by atoms with van der Waals surface area (Å²) in [6.07, 6.45) is 1.98. The first-order valence-corrected chi connectivity index (χ1v) is 5.72. The second-order valence-corrected chi connectivity index (χ2v) is 4.18. The van der Waals surface area contributed by atoms with Gasteiger partial charge in [0.2, 0.25) is 5.91 Å². The second kappa shape index (κ2) is 6.46. The average molecular weight is 224 g/mol. The van der Waals surface area contributed by atoms with Crippen molar-refractivity contribution in [3.05, 3.63) is 0 Å². The number of likely N-dealkylation sites (N-methyl/N-ethyl adjacent to an activating group) is 1. The van der Waals surface area contributed by atoms with Crippen molar-refractivity contribution < 1.29 is 4.79 Å². The van der Waals surface area contributed by atoms with Crippen LogP contribution in [-0.4, -0.2) is 50.6 Å². The highest BCUT2D eigenvalue weighted by Crippen LogP contribution is 2.16. The largest absolute Gasteiger partial charge is 0.359 e. The van der Waals surface area contributed by atoms with Gasteiger partial charge in [-0.3, -0.25) is 9.69 Å². The molecular formula is C11H20N4O. The normalized spacial score (nSPS) is 23.4. The molecule has 0 spiro atoms. The number of rotatable bonds is 4.